The minimum Gasteiger partial charge on any atom is -0.352 e. The summed E-state index contributed by atoms with van der Waals surface area (Å²) in [6.07, 6.45) is 2.70. The lowest BCUT2D eigenvalue weighted by atomic mass is 9.76. The van der Waals surface area contributed by atoms with Crippen LogP contribution >= 0.6 is 0 Å². The summed E-state index contributed by atoms with van der Waals surface area (Å²) in [5.41, 5.74) is 1.07. The van der Waals surface area contributed by atoms with E-state index >= 15 is 0 Å². The molecule has 0 spiro atoms. The monoisotopic (exact) mass is 345 g/mol. The van der Waals surface area contributed by atoms with Crippen molar-refractivity contribution in [2.24, 2.45) is 0 Å². The molecule has 0 saturated carbocycles. The van der Waals surface area contributed by atoms with Crippen LogP contribution in [0.4, 0.5) is 4.79 Å². The molecule has 1 aromatic rings. The second kappa shape index (κ2) is 8.37. The van der Waals surface area contributed by atoms with E-state index in [9.17, 15) is 9.59 Å². The Hall–Kier alpha value is -2.04. The first kappa shape index (κ1) is 19.3. The third-order valence-electron chi connectivity index (χ3n) is 5.21. The largest absolute Gasteiger partial charge is 0.352 e. The molecule has 138 valence electrons. The van der Waals surface area contributed by atoms with Crippen LogP contribution < -0.4 is 10.6 Å². The van der Waals surface area contributed by atoms with Crippen LogP contribution in [0.1, 0.15) is 52.5 Å². The predicted molar refractivity (Wildman–Crippen MR) is 100 cm³/mol. The van der Waals surface area contributed by atoms with Gasteiger partial charge in [0, 0.05) is 37.5 Å². The summed E-state index contributed by atoms with van der Waals surface area (Å²) < 4.78 is 0. The van der Waals surface area contributed by atoms with Crippen molar-refractivity contribution in [3.63, 3.8) is 0 Å². The first-order chi connectivity index (χ1) is 11.8. The smallest absolute Gasteiger partial charge is 0.317 e. The summed E-state index contributed by atoms with van der Waals surface area (Å²) in [6, 6.07) is 10.4. The average molecular weight is 345 g/mol. The van der Waals surface area contributed by atoms with Gasteiger partial charge in [0.2, 0.25) is 5.91 Å². The molecule has 25 heavy (non-hydrogen) atoms. The zero-order valence-corrected chi connectivity index (χ0v) is 15.8. The Balaban J connectivity index is 2.03. The fraction of sp³-hybridized carbons (Fsp3) is 0.600. The van der Waals surface area contributed by atoms with Crippen LogP contribution in [0.25, 0.3) is 0 Å². The number of likely N-dealkylation sites (tertiary alicyclic amines) is 1. The molecule has 1 aromatic carbocycles. The Morgan fingerprint density at radius 3 is 2.56 bits per heavy atom. The molecule has 2 rings (SSSR count). The van der Waals surface area contributed by atoms with Crippen molar-refractivity contribution in [2.45, 2.75) is 64.5 Å². The van der Waals surface area contributed by atoms with Gasteiger partial charge in [0.1, 0.15) is 0 Å². The Kier molecular flexibility index (Phi) is 6.45. The fourth-order valence-corrected chi connectivity index (χ4v) is 3.67. The Labute approximate surface area is 151 Å². The minimum absolute atomic E-state index is 0.0362. The van der Waals surface area contributed by atoms with E-state index in [-0.39, 0.29) is 29.4 Å². The summed E-state index contributed by atoms with van der Waals surface area (Å²) in [4.78, 5) is 25.9. The lowest BCUT2D eigenvalue weighted by Gasteiger charge is -2.38. The van der Waals surface area contributed by atoms with Gasteiger partial charge in [-0.05, 0) is 24.8 Å². The maximum Gasteiger partial charge on any atom is 0.317 e. The second-order valence-electron chi connectivity index (χ2n) is 7.48. The number of carbonyl (C=O) groups is 2. The molecule has 0 unspecified atom stereocenters. The van der Waals surface area contributed by atoms with E-state index in [1.54, 1.807) is 0 Å². The SMILES string of the molecule is CC[C@@H](NC(=O)N1CCC[C@@H](NC(C)=O)C1)C(C)(C)c1ccccc1. The standard InChI is InChI=1S/C20H31N3O2/c1-5-18(20(3,4)16-10-7-6-8-11-16)22-19(25)23-13-9-12-17(14-23)21-15(2)24/h6-8,10-11,17-18H,5,9,12-14H2,1-4H3,(H,21,24)(H,22,25)/t17-,18-/m1/s1. The van der Waals surface area contributed by atoms with Crippen LogP contribution in [-0.4, -0.2) is 42.0 Å². The minimum atomic E-state index is -0.154. The summed E-state index contributed by atoms with van der Waals surface area (Å²) in [5.74, 6) is -0.0381. The molecule has 0 aromatic heterocycles. The maximum atomic E-state index is 12.8. The van der Waals surface area contributed by atoms with Crippen LogP contribution in [0, 0.1) is 0 Å². The normalized spacial score (nSPS) is 19.2. The van der Waals surface area contributed by atoms with E-state index in [1.165, 1.54) is 12.5 Å². The number of nitrogens with one attached hydrogen (secondary N) is 2. The van der Waals surface area contributed by atoms with Gasteiger partial charge in [-0.2, -0.15) is 0 Å². The zero-order chi connectivity index (χ0) is 18.4. The average Bonchev–Trinajstić information content (AvgIpc) is 2.59. The topological polar surface area (TPSA) is 61.4 Å². The van der Waals surface area contributed by atoms with Crippen molar-refractivity contribution >= 4 is 11.9 Å². The van der Waals surface area contributed by atoms with Crippen LogP contribution in [0.15, 0.2) is 30.3 Å². The summed E-state index contributed by atoms with van der Waals surface area (Å²) in [6.45, 7) is 9.29. The Morgan fingerprint density at radius 2 is 1.96 bits per heavy atom. The van der Waals surface area contributed by atoms with Gasteiger partial charge in [-0.3, -0.25) is 4.79 Å². The van der Waals surface area contributed by atoms with E-state index in [1.807, 2.05) is 23.1 Å². The number of benzene rings is 1. The van der Waals surface area contributed by atoms with E-state index in [0.717, 1.165) is 25.8 Å². The molecule has 1 saturated heterocycles. The number of hydrogen-bond donors (Lipinski definition) is 2. The number of carbonyl (C=O) groups excluding carboxylic acids is 2. The number of urea groups is 1. The molecule has 1 aliphatic rings. The molecule has 5 heteroatoms. The van der Waals surface area contributed by atoms with Gasteiger partial charge >= 0.3 is 6.03 Å². The maximum absolute atomic E-state index is 12.8. The molecule has 0 aliphatic carbocycles. The van der Waals surface area contributed by atoms with Gasteiger partial charge < -0.3 is 15.5 Å². The second-order valence-corrected chi connectivity index (χ2v) is 7.48. The first-order valence-corrected chi connectivity index (χ1v) is 9.22. The van der Waals surface area contributed by atoms with Gasteiger partial charge in [-0.1, -0.05) is 51.1 Å². The highest BCUT2D eigenvalue weighted by atomic mass is 16.2. The van der Waals surface area contributed by atoms with Gasteiger partial charge in [0.25, 0.3) is 0 Å². The van der Waals surface area contributed by atoms with Crippen molar-refractivity contribution in [3.05, 3.63) is 35.9 Å². The first-order valence-electron chi connectivity index (χ1n) is 9.22. The third kappa shape index (κ3) is 4.97. The predicted octanol–water partition coefficient (Wildman–Crippen LogP) is 3.05. The Morgan fingerprint density at radius 1 is 1.28 bits per heavy atom. The molecule has 5 nitrogen and oxygen atoms in total. The van der Waals surface area contributed by atoms with Crippen LogP contribution in [0.3, 0.4) is 0 Å². The molecule has 3 amide bonds. The van der Waals surface area contributed by atoms with Crippen molar-refractivity contribution in [2.75, 3.05) is 13.1 Å². The van der Waals surface area contributed by atoms with Crippen molar-refractivity contribution < 1.29 is 9.59 Å². The van der Waals surface area contributed by atoms with Gasteiger partial charge in [0.15, 0.2) is 0 Å². The van der Waals surface area contributed by atoms with Crippen molar-refractivity contribution in [1.82, 2.24) is 15.5 Å². The van der Waals surface area contributed by atoms with Gasteiger partial charge in [0.05, 0.1) is 0 Å². The van der Waals surface area contributed by atoms with Crippen LogP contribution in [-0.2, 0) is 10.2 Å². The zero-order valence-electron chi connectivity index (χ0n) is 15.8. The highest BCUT2D eigenvalue weighted by Crippen LogP contribution is 2.29. The highest BCUT2D eigenvalue weighted by molar-refractivity contribution is 5.76. The molecule has 1 fully saturated rings. The summed E-state index contributed by atoms with van der Waals surface area (Å²) in [7, 11) is 0. The lowest BCUT2D eigenvalue weighted by molar-refractivity contribution is -0.119. The van der Waals surface area contributed by atoms with E-state index in [2.05, 4.69) is 43.5 Å². The Bertz CT molecular complexity index is 586. The molecule has 2 N–H and O–H groups in total. The molecule has 2 atom stereocenters. The number of amides is 3. The summed E-state index contributed by atoms with van der Waals surface area (Å²) in [5, 5.41) is 6.15. The lowest BCUT2D eigenvalue weighted by Crippen LogP contribution is -2.56. The van der Waals surface area contributed by atoms with E-state index < -0.39 is 0 Å². The number of piperidine rings is 1. The molecular weight excluding hydrogens is 314 g/mol. The molecule has 1 aliphatic heterocycles. The van der Waals surface area contributed by atoms with Crippen molar-refractivity contribution in [1.29, 1.82) is 0 Å². The fourth-order valence-electron chi connectivity index (χ4n) is 3.67. The molecule has 1 heterocycles. The van der Waals surface area contributed by atoms with Gasteiger partial charge in [-0.25, -0.2) is 4.79 Å². The quantitative estimate of drug-likeness (QED) is 0.861. The van der Waals surface area contributed by atoms with E-state index in [4.69, 9.17) is 0 Å². The number of nitrogens with zero attached hydrogens (tertiary/aromatic N) is 1. The molecular formula is C20H31N3O2. The highest BCUT2D eigenvalue weighted by Gasteiger charge is 2.33. The third-order valence-corrected chi connectivity index (χ3v) is 5.21. The number of rotatable bonds is 5. The van der Waals surface area contributed by atoms with Crippen LogP contribution in [0.2, 0.25) is 0 Å². The van der Waals surface area contributed by atoms with E-state index in [0.29, 0.717) is 6.54 Å². The molecule has 0 bridgehead atoms. The summed E-state index contributed by atoms with van der Waals surface area (Å²) >= 11 is 0. The van der Waals surface area contributed by atoms with Gasteiger partial charge in [-0.15, -0.1) is 0 Å². The number of hydrogen-bond acceptors (Lipinski definition) is 2. The molecule has 0 radical (unpaired) electrons. The van der Waals surface area contributed by atoms with Crippen molar-refractivity contribution in [3.8, 4) is 0 Å². The van der Waals surface area contributed by atoms with Crippen LogP contribution in [0.5, 0.6) is 0 Å².